The summed E-state index contributed by atoms with van der Waals surface area (Å²) in [4.78, 5) is 11.7. The van der Waals surface area contributed by atoms with Gasteiger partial charge in [-0.1, -0.05) is 29.8 Å². The maximum absolute atomic E-state index is 11.7. The van der Waals surface area contributed by atoms with E-state index in [9.17, 15) is 4.79 Å². The number of ether oxygens (including phenoxy) is 3. The minimum atomic E-state index is -0.391. The van der Waals surface area contributed by atoms with Crippen LogP contribution in [0.5, 0.6) is 5.75 Å². The average molecular weight is 415 g/mol. The monoisotopic (exact) mass is 414 g/mol. The summed E-state index contributed by atoms with van der Waals surface area (Å²) in [5.41, 5.74) is 3.01. The Morgan fingerprint density at radius 2 is 2.07 bits per heavy atom. The van der Waals surface area contributed by atoms with Crippen LogP contribution >= 0.6 is 11.6 Å². The summed E-state index contributed by atoms with van der Waals surface area (Å²) in [7, 11) is 1.74. The second kappa shape index (κ2) is 8.57. The zero-order valence-corrected chi connectivity index (χ0v) is 17.2. The molecule has 6 heteroatoms. The maximum atomic E-state index is 11.7. The molecule has 0 aliphatic carbocycles. The maximum Gasteiger partial charge on any atom is 0.336 e. The third-order valence-corrected chi connectivity index (χ3v) is 5.59. The Balaban J connectivity index is 1.52. The number of benzene rings is 2. The highest BCUT2D eigenvalue weighted by molar-refractivity contribution is 6.32. The van der Waals surface area contributed by atoms with E-state index in [1.54, 1.807) is 19.2 Å². The van der Waals surface area contributed by atoms with Crippen molar-refractivity contribution in [3.63, 3.8) is 0 Å². The van der Waals surface area contributed by atoms with Crippen LogP contribution in [-0.2, 0) is 16.1 Å². The van der Waals surface area contributed by atoms with E-state index in [4.69, 9.17) is 30.2 Å². The van der Waals surface area contributed by atoms with Crippen LogP contribution in [0.1, 0.15) is 35.6 Å². The molecule has 0 bridgehead atoms. The Labute approximate surface area is 174 Å². The molecule has 0 spiro atoms. The third-order valence-electron chi connectivity index (χ3n) is 5.29. The number of methoxy groups -OCH3 is 1. The Hall–Kier alpha value is -2.34. The van der Waals surface area contributed by atoms with E-state index in [0.717, 1.165) is 34.9 Å². The van der Waals surface area contributed by atoms with E-state index in [1.807, 2.05) is 19.1 Å². The first-order valence-corrected chi connectivity index (χ1v) is 10.0. The summed E-state index contributed by atoms with van der Waals surface area (Å²) in [5, 5.41) is 1.27. The summed E-state index contributed by atoms with van der Waals surface area (Å²) in [6.45, 7) is 2.89. The van der Waals surface area contributed by atoms with Gasteiger partial charge in [-0.05, 0) is 42.2 Å². The van der Waals surface area contributed by atoms with Crippen molar-refractivity contribution in [1.29, 1.82) is 0 Å². The van der Waals surface area contributed by atoms with Crippen molar-refractivity contribution in [3.05, 3.63) is 74.6 Å². The summed E-state index contributed by atoms with van der Waals surface area (Å²) in [6.07, 6.45) is 2.01. The van der Waals surface area contributed by atoms with Gasteiger partial charge in [-0.3, -0.25) is 0 Å². The molecular weight excluding hydrogens is 392 g/mol. The molecule has 1 aromatic heterocycles. The number of hydrogen-bond donors (Lipinski definition) is 0. The smallest absolute Gasteiger partial charge is 0.336 e. The number of hydrogen-bond acceptors (Lipinski definition) is 5. The van der Waals surface area contributed by atoms with Crippen LogP contribution in [0, 0.1) is 6.92 Å². The van der Waals surface area contributed by atoms with E-state index in [1.165, 1.54) is 6.07 Å². The SMILES string of the molecule is COC1CCOC(c2cccc(COc3cc4oc(=O)cc(C)c4cc3Cl)c2)C1. The molecule has 152 valence electrons. The molecule has 1 aliphatic heterocycles. The second-order valence-corrected chi connectivity index (χ2v) is 7.71. The highest BCUT2D eigenvalue weighted by Gasteiger charge is 2.23. The first-order valence-electron chi connectivity index (χ1n) is 9.63. The predicted octanol–water partition coefficient (Wildman–Crippen LogP) is 5.20. The van der Waals surface area contributed by atoms with Gasteiger partial charge >= 0.3 is 5.63 Å². The third kappa shape index (κ3) is 4.47. The number of aryl methyl sites for hydroxylation is 1. The van der Waals surface area contributed by atoms with E-state index < -0.39 is 5.63 Å². The molecule has 29 heavy (non-hydrogen) atoms. The molecule has 0 saturated carbocycles. The molecule has 2 atom stereocenters. The van der Waals surface area contributed by atoms with Gasteiger partial charge in [0.1, 0.15) is 17.9 Å². The van der Waals surface area contributed by atoms with Gasteiger partial charge < -0.3 is 18.6 Å². The van der Waals surface area contributed by atoms with Gasteiger partial charge in [-0.2, -0.15) is 0 Å². The summed E-state index contributed by atoms with van der Waals surface area (Å²) >= 11 is 6.39. The Kier molecular flexibility index (Phi) is 5.90. The van der Waals surface area contributed by atoms with Crippen molar-refractivity contribution in [2.75, 3.05) is 13.7 Å². The van der Waals surface area contributed by atoms with Crippen LogP contribution < -0.4 is 10.4 Å². The van der Waals surface area contributed by atoms with Crippen LogP contribution in [0.25, 0.3) is 11.0 Å². The highest BCUT2D eigenvalue weighted by atomic mass is 35.5. The van der Waals surface area contributed by atoms with Gasteiger partial charge in [0.2, 0.25) is 0 Å². The average Bonchev–Trinajstić information content (AvgIpc) is 2.73. The van der Waals surface area contributed by atoms with Crippen molar-refractivity contribution >= 4 is 22.6 Å². The Bertz CT molecular complexity index is 1070. The molecule has 1 saturated heterocycles. The molecular formula is C23H23ClO5. The van der Waals surface area contributed by atoms with Crippen LogP contribution in [-0.4, -0.2) is 19.8 Å². The van der Waals surface area contributed by atoms with Gasteiger partial charge in [0, 0.05) is 37.7 Å². The lowest BCUT2D eigenvalue weighted by molar-refractivity contribution is -0.0599. The van der Waals surface area contributed by atoms with Gasteiger partial charge in [-0.25, -0.2) is 4.79 Å². The van der Waals surface area contributed by atoms with Gasteiger partial charge in [0.15, 0.2) is 0 Å². The lowest BCUT2D eigenvalue weighted by Crippen LogP contribution is -2.25. The zero-order chi connectivity index (χ0) is 20.4. The van der Waals surface area contributed by atoms with Crippen molar-refractivity contribution < 1.29 is 18.6 Å². The fourth-order valence-corrected chi connectivity index (χ4v) is 3.91. The minimum absolute atomic E-state index is 0.0233. The van der Waals surface area contributed by atoms with Gasteiger partial charge in [0.25, 0.3) is 0 Å². The fraction of sp³-hybridized carbons (Fsp3) is 0.348. The van der Waals surface area contributed by atoms with Crippen LogP contribution in [0.2, 0.25) is 5.02 Å². The largest absolute Gasteiger partial charge is 0.487 e. The fourth-order valence-electron chi connectivity index (χ4n) is 3.69. The molecule has 2 unspecified atom stereocenters. The first-order chi connectivity index (χ1) is 14.0. The summed E-state index contributed by atoms with van der Waals surface area (Å²) in [5.74, 6) is 0.478. The predicted molar refractivity (Wildman–Crippen MR) is 112 cm³/mol. The molecule has 1 fully saturated rings. The van der Waals surface area contributed by atoms with Crippen molar-refractivity contribution in [3.8, 4) is 5.75 Å². The Morgan fingerprint density at radius 1 is 1.21 bits per heavy atom. The van der Waals surface area contributed by atoms with E-state index >= 15 is 0 Å². The topological polar surface area (TPSA) is 57.9 Å². The van der Waals surface area contributed by atoms with Crippen molar-refractivity contribution in [2.24, 2.45) is 0 Å². The van der Waals surface area contributed by atoms with Crippen molar-refractivity contribution in [2.45, 2.75) is 38.6 Å². The molecule has 0 N–H and O–H groups in total. The lowest BCUT2D eigenvalue weighted by atomic mass is 9.98. The van der Waals surface area contributed by atoms with Crippen molar-refractivity contribution in [1.82, 2.24) is 0 Å². The number of fused-ring (bicyclic) bond motifs is 1. The summed E-state index contributed by atoms with van der Waals surface area (Å²) < 4.78 is 22.6. The van der Waals surface area contributed by atoms with Gasteiger partial charge in [-0.15, -0.1) is 0 Å². The molecule has 5 nitrogen and oxygen atoms in total. The number of halogens is 1. The minimum Gasteiger partial charge on any atom is -0.487 e. The molecule has 2 heterocycles. The standard InChI is InChI=1S/C23H23ClO5/c1-14-8-23(25)29-21-12-22(19(24)11-18(14)21)28-13-15-4-3-5-16(9-15)20-10-17(26-2)6-7-27-20/h3-5,8-9,11-12,17,20H,6-7,10,13H2,1-2H3. The van der Waals surface area contributed by atoms with Crippen LogP contribution in [0.4, 0.5) is 0 Å². The molecule has 0 amide bonds. The van der Waals surface area contributed by atoms with Crippen LogP contribution in [0.3, 0.4) is 0 Å². The molecule has 3 aromatic rings. The molecule has 1 aliphatic rings. The lowest BCUT2D eigenvalue weighted by Gasteiger charge is -2.29. The van der Waals surface area contributed by atoms with E-state index in [-0.39, 0.29) is 12.2 Å². The van der Waals surface area contributed by atoms with Crippen LogP contribution in [0.15, 0.2) is 51.7 Å². The van der Waals surface area contributed by atoms with E-state index in [2.05, 4.69) is 12.1 Å². The Morgan fingerprint density at radius 3 is 2.90 bits per heavy atom. The van der Waals surface area contributed by atoms with Gasteiger partial charge in [0.05, 0.1) is 17.2 Å². The molecule has 2 aromatic carbocycles. The molecule has 0 radical (unpaired) electrons. The highest BCUT2D eigenvalue weighted by Crippen LogP contribution is 2.33. The first kappa shape index (κ1) is 20.0. The molecule has 4 rings (SSSR count). The summed E-state index contributed by atoms with van der Waals surface area (Å²) in [6, 6.07) is 13.0. The normalized spacial score (nSPS) is 19.4. The zero-order valence-electron chi connectivity index (χ0n) is 16.4. The quantitative estimate of drug-likeness (QED) is 0.537. The number of rotatable bonds is 5. The second-order valence-electron chi connectivity index (χ2n) is 7.30. The van der Waals surface area contributed by atoms with E-state index in [0.29, 0.717) is 29.6 Å².